The number of anilines is 3. The Bertz CT molecular complexity index is 1200. The number of aliphatic hydroxyl groups is 1. The van der Waals surface area contributed by atoms with E-state index < -0.39 is 20.6 Å². The Labute approximate surface area is 179 Å². The van der Waals surface area contributed by atoms with Crippen LogP contribution in [-0.4, -0.2) is 39.5 Å². The third-order valence-electron chi connectivity index (χ3n) is 4.85. The molecular formula is C17H16BrClFN5O3S. The molecule has 0 spiro atoms. The molecule has 1 aliphatic carbocycles. The Hall–Kier alpha value is -1.95. The highest BCUT2D eigenvalue weighted by molar-refractivity contribution is 9.10. The first kappa shape index (κ1) is 20.3. The van der Waals surface area contributed by atoms with Gasteiger partial charge in [0.2, 0.25) is 10.0 Å². The number of aromatic nitrogens is 3. The van der Waals surface area contributed by atoms with Gasteiger partial charge in [0.1, 0.15) is 5.69 Å². The highest BCUT2D eigenvalue weighted by Gasteiger charge is 2.54. The third kappa shape index (κ3) is 3.67. The lowest BCUT2D eigenvalue weighted by molar-refractivity contribution is 0.283. The van der Waals surface area contributed by atoms with Crippen molar-refractivity contribution >= 4 is 60.4 Å². The minimum absolute atomic E-state index is 0.0693. The minimum Gasteiger partial charge on any atom is -0.396 e. The maximum Gasteiger partial charge on any atom is 0.239 e. The molecule has 12 heteroatoms. The predicted molar refractivity (Wildman–Crippen MR) is 112 cm³/mol. The van der Waals surface area contributed by atoms with Gasteiger partial charge in [0, 0.05) is 23.5 Å². The molecule has 29 heavy (non-hydrogen) atoms. The first-order chi connectivity index (χ1) is 13.8. The zero-order valence-electron chi connectivity index (χ0n) is 14.9. The summed E-state index contributed by atoms with van der Waals surface area (Å²) in [6.07, 6.45) is 3.70. The molecule has 0 saturated heterocycles. The Morgan fingerprint density at radius 2 is 2.14 bits per heavy atom. The normalized spacial score (nSPS) is 15.4. The van der Waals surface area contributed by atoms with Crippen LogP contribution in [0.2, 0.25) is 5.02 Å². The molecule has 2 aromatic heterocycles. The lowest BCUT2D eigenvalue weighted by Gasteiger charge is -2.19. The third-order valence-corrected chi connectivity index (χ3v) is 7.87. The maximum absolute atomic E-state index is 15.2. The van der Waals surface area contributed by atoms with Crippen molar-refractivity contribution in [2.45, 2.75) is 24.0 Å². The van der Waals surface area contributed by atoms with Gasteiger partial charge in [-0.3, -0.25) is 4.72 Å². The summed E-state index contributed by atoms with van der Waals surface area (Å²) in [5, 5.41) is 16.5. The first-order valence-corrected chi connectivity index (χ1v) is 11.3. The molecule has 3 N–H and O–H groups in total. The fraction of sp³-hybridized carbons (Fsp3) is 0.294. The van der Waals surface area contributed by atoms with Crippen LogP contribution < -0.4 is 10.0 Å². The standard InChI is InChI=1S/C17H16BrClFN5O3S/c18-10-1-2-12(11(19)9-10)22-14-13(20)16-21-6-7-25(16)23-15(14)24-29(27,28)17(3-4-17)5-8-26/h1-2,6-7,9,22,26H,3-5,8H2,(H,23,24). The van der Waals surface area contributed by atoms with E-state index in [1.54, 1.807) is 18.2 Å². The number of sulfonamides is 1. The highest BCUT2D eigenvalue weighted by Crippen LogP contribution is 2.47. The van der Waals surface area contributed by atoms with Crippen molar-refractivity contribution in [2.24, 2.45) is 0 Å². The van der Waals surface area contributed by atoms with E-state index in [1.807, 2.05) is 0 Å². The maximum atomic E-state index is 15.2. The molecule has 154 valence electrons. The zero-order chi connectivity index (χ0) is 20.8. The molecule has 2 heterocycles. The van der Waals surface area contributed by atoms with Crippen molar-refractivity contribution in [3.63, 3.8) is 0 Å². The lowest BCUT2D eigenvalue weighted by atomic mass is 10.3. The molecule has 0 atom stereocenters. The summed E-state index contributed by atoms with van der Waals surface area (Å²) >= 11 is 9.51. The largest absolute Gasteiger partial charge is 0.396 e. The first-order valence-electron chi connectivity index (χ1n) is 8.64. The van der Waals surface area contributed by atoms with Crippen LogP contribution in [0.3, 0.4) is 0 Å². The van der Waals surface area contributed by atoms with Gasteiger partial charge >= 0.3 is 0 Å². The predicted octanol–water partition coefficient (Wildman–Crippen LogP) is 3.68. The number of benzene rings is 1. The molecular weight excluding hydrogens is 489 g/mol. The van der Waals surface area contributed by atoms with Crippen LogP contribution in [0, 0.1) is 5.82 Å². The summed E-state index contributed by atoms with van der Waals surface area (Å²) < 4.78 is 44.2. The highest BCUT2D eigenvalue weighted by atomic mass is 79.9. The number of hydrogen-bond acceptors (Lipinski definition) is 6. The van der Waals surface area contributed by atoms with Crippen LogP contribution in [0.25, 0.3) is 5.65 Å². The summed E-state index contributed by atoms with van der Waals surface area (Å²) in [6, 6.07) is 4.94. The van der Waals surface area contributed by atoms with Gasteiger partial charge in [-0.15, -0.1) is 5.10 Å². The topological polar surface area (TPSA) is 109 Å². The molecule has 0 radical (unpaired) electrons. The van der Waals surface area contributed by atoms with Gasteiger partial charge in [0.05, 0.1) is 15.5 Å². The summed E-state index contributed by atoms with van der Waals surface area (Å²) in [7, 11) is -3.92. The van der Waals surface area contributed by atoms with Crippen molar-refractivity contribution in [3.8, 4) is 0 Å². The van der Waals surface area contributed by atoms with E-state index in [0.717, 1.165) is 8.99 Å². The van der Waals surface area contributed by atoms with Crippen LogP contribution in [0.15, 0.2) is 35.1 Å². The molecule has 0 amide bonds. The molecule has 1 aliphatic rings. The second-order valence-corrected chi connectivity index (χ2v) is 10.1. The van der Waals surface area contributed by atoms with E-state index in [2.05, 4.69) is 36.1 Å². The Morgan fingerprint density at radius 1 is 1.38 bits per heavy atom. The van der Waals surface area contributed by atoms with Crippen molar-refractivity contribution in [1.82, 2.24) is 14.6 Å². The second kappa shape index (κ2) is 7.38. The number of rotatable bonds is 7. The quantitative estimate of drug-likeness (QED) is 0.453. The van der Waals surface area contributed by atoms with Gasteiger partial charge < -0.3 is 10.4 Å². The molecule has 1 saturated carbocycles. The fourth-order valence-corrected chi connectivity index (χ4v) is 5.39. The summed E-state index contributed by atoms with van der Waals surface area (Å²) in [4.78, 5) is 3.92. The van der Waals surface area contributed by atoms with Crippen LogP contribution in [0.4, 0.5) is 21.6 Å². The Balaban J connectivity index is 1.79. The van der Waals surface area contributed by atoms with Gasteiger partial charge in [0.25, 0.3) is 0 Å². The van der Waals surface area contributed by atoms with Gasteiger partial charge in [-0.2, -0.15) is 0 Å². The lowest BCUT2D eigenvalue weighted by Crippen LogP contribution is -2.31. The molecule has 8 nitrogen and oxygen atoms in total. The van der Waals surface area contributed by atoms with Gasteiger partial charge in [-0.1, -0.05) is 27.5 Å². The average Bonchev–Trinajstić information content (AvgIpc) is 3.30. The molecule has 3 aromatic rings. The minimum atomic E-state index is -3.92. The monoisotopic (exact) mass is 503 g/mol. The Morgan fingerprint density at radius 3 is 2.79 bits per heavy atom. The number of aliphatic hydroxyl groups excluding tert-OH is 1. The fourth-order valence-electron chi connectivity index (χ4n) is 3.05. The van der Waals surface area contributed by atoms with Crippen LogP contribution in [0.1, 0.15) is 19.3 Å². The van der Waals surface area contributed by atoms with E-state index in [4.69, 9.17) is 11.6 Å². The summed E-state index contributed by atoms with van der Waals surface area (Å²) in [5.74, 6) is -1.01. The summed E-state index contributed by atoms with van der Waals surface area (Å²) in [6.45, 7) is -0.261. The number of imidazole rings is 1. The average molecular weight is 505 g/mol. The van der Waals surface area contributed by atoms with E-state index in [0.29, 0.717) is 23.6 Å². The second-order valence-electron chi connectivity index (χ2n) is 6.74. The van der Waals surface area contributed by atoms with Gasteiger partial charge in [-0.05, 0) is 37.5 Å². The van der Waals surface area contributed by atoms with Crippen LogP contribution in [0.5, 0.6) is 0 Å². The van der Waals surface area contributed by atoms with Crippen LogP contribution >= 0.6 is 27.5 Å². The zero-order valence-corrected chi connectivity index (χ0v) is 18.0. The Kier molecular flexibility index (Phi) is 5.18. The van der Waals surface area contributed by atoms with E-state index in [-0.39, 0.29) is 30.2 Å². The van der Waals surface area contributed by atoms with E-state index in [9.17, 15) is 13.5 Å². The number of nitrogens with zero attached hydrogens (tertiary/aromatic N) is 3. The van der Waals surface area contributed by atoms with Gasteiger partial charge in [-0.25, -0.2) is 22.3 Å². The van der Waals surface area contributed by atoms with Crippen molar-refractivity contribution in [1.29, 1.82) is 0 Å². The SMILES string of the molecule is O=S(=O)(Nc1nn2ccnc2c(F)c1Nc1ccc(Br)cc1Cl)C1(CCO)CC1. The molecule has 0 aliphatic heterocycles. The molecule has 0 unspecified atom stereocenters. The number of nitrogens with one attached hydrogen (secondary N) is 2. The van der Waals surface area contributed by atoms with E-state index in [1.165, 1.54) is 12.4 Å². The smallest absolute Gasteiger partial charge is 0.239 e. The number of hydrogen-bond donors (Lipinski definition) is 3. The number of fused-ring (bicyclic) bond motifs is 1. The molecule has 1 aromatic carbocycles. The van der Waals surface area contributed by atoms with Gasteiger partial charge in [0.15, 0.2) is 17.3 Å². The molecule has 1 fully saturated rings. The van der Waals surface area contributed by atoms with E-state index >= 15 is 4.39 Å². The number of halogens is 3. The molecule has 4 rings (SSSR count). The van der Waals surface area contributed by atoms with Crippen molar-refractivity contribution in [3.05, 3.63) is 45.9 Å². The summed E-state index contributed by atoms with van der Waals surface area (Å²) in [5.41, 5.74) is 0.0971. The van der Waals surface area contributed by atoms with Crippen molar-refractivity contribution in [2.75, 3.05) is 16.6 Å². The van der Waals surface area contributed by atoms with Crippen molar-refractivity contribution < 1.29 is 17.9 Å². The van der Waals surface area contributed by atoms with Crippen LogP contribution in [-0.2, 0) is 10.0 Å². The molecule has 0 bridgehead atoms.